The maximum atomic E-state index is 12.6. The van der Waals surface area contributed by atoms with Crippen LogP contribution < -0.4 is 26.4 Å². The van der Waals surface area contributed by atoms with Crippen LogP contribution in [0.15, 0.2) is 126 Å². The van der Waals surface area contributed by atoms with E-state index in [4.69, 9.17) is 0 Å². The monoisotopic (exact) mass is 837 g/mol. The minimum atomic E-state index is -4.73. The molecular formula is C34H29CrN10O11S-. The Bertz CT molecular complexity index is 2690. The number of rotatable bonds is 9. The van der Waals surface area contributed by atoms with Gasteiger partial charge >= 0.3 is 17.4 Å². The molecule has 2 N–H and O–H groups in total. The Labute approximate surface area is 333 Å². The second kappa shape index (κ2) is 19.1. The first-order chi connectivity index (χ1) is 25.6. The van der Waals surface area contributed by atoms with E-state index in [9.17, 15) is 47.9 Å². The minimum Gasteiger partial charge on any atom is -0.871 e. The summed E-state index contributed by atoms with van der Waals surface area (Å²) in [6.45, 7) is 4.43. The first-order valence-electron chi connectivity index (χ1n) is 15.3. The van der Waals surface area contributed by atoms with Gasteiger partial charge in [-0.05, 0) is 36.8 Å². The molecule has 0 aliphatic carbocycles. The normalized spacial score (nSPS) is 10.9. The summed E-state index contributed by atoms with van der Waals surface area (Å²) in [7, 11) is -4.73. The van der Waals surface area contributed by atoms with Crippen molar-refractivity contribution >= 4 is 44.2 Å². The fourth-order valence-electron chi connectivity index (χ4n) is 4.76. The molecule has 2 heterocycles. The minimum absolute atomic E-state index is 0. The Balaban J connectivity index is 0.000000377. The fourth-order valence-corrected chi connectivity index (χ4v) is 5.52. The fraction of sp³-hybridized carbons (Fsp3) is 0.0882. The van der Waals surface area contributed by atoms with Crippen LogP contribution in [0.1, 0.15) is 17.0 Å². The zero-order valence-corrected chi connectivity index (χ0v) is 32.1. The van der Waals surface area contributed by atoms with Gasteiger partial charge in [-0.15, -0.1) is 26.7 Å². The quantitative estimate of drug-likeness (QED) is 0.0596. The van der Waals surface area contributed by atoms with E-state index in [1.165, 1.54) is 11.6 Å². The number of nitro benzene ring substituents is 2. The summed E-state index contributed by atoms with van der Waals surface area (Å²) < 4.78 is 34.7. The van der Waals surface area contributed by atoms with Crippen LogP contribution in [0.25, 0.3) is 11.4 Å². The van der Waals surface area contributed by atoms with E-state index in [0.717, 1.165) is 35.0 Å². The van der Waals surface area contributed by atoms with Crippen molar-refractivity contribution in [1.82, 2.24) is 19.6 Å². The van der Waals surface area contributed by atoms with E-state index >= 15 is 0 Å². The number of hydrogen-bond donors (Lipinski definition) is 1. The number of nitro groups is 2. The van der Waals surface area contributed by atoms with Crippen molar-refractivity contribution in [2.24, 2.45) is 20.5 Å². The molecule has 0 radical (unpaired) electrons. The first-order valence-corrected chi connectivity index (χ1v) is 16.7. The number of nitrogens with zero attached hydrogens (tertiary/aromatic N) is 10. The van der Waals surface area contributed by atoms with E-state index < -0.39 is 47.4 Å². The Morgan fingerprint density at radius 3 is 1.51 bits per heavy atom. The second-order valence-corrected chi connectivity index (χ2v) is 12.5. The molecule has 0 aliphatic rings. The molecule has 2 aromatic heterocycles. The van der Waals surface area contributed by atoms with Gasteiger partial charge in [0.25, 0.3) is 32.6 Å². The van der Waals surface area contributed by atoms with Crippen LogP contribution in [-0.4, -0.2) is 37.7 Å². The average Bonchev–Trinajstić information content (AvgIpc) is 3.59. The van der Waals surface area contributed by atoms with Crippen LogP contribution in [-0.2, 0) is 27.5 Å². The molecule has 0 fully saturated rings. The molecule has 0 unspecified atom stereocenters. The number of aryl methyl sites for hydroxylation is 2. The molecule has 0 atom stereocenters. The molecule has 0 bridgehead atoms. The number of hydrogen-bond acceptors (Lipinski definition) is 14. The Kier molecular flexibility index (Phi) is 15.5. The van der Waals surface area contributed by atoms with E-state index in [1.54, 1.807) is 68.4 Å². The summed E-state index contributed by atoms with van der Waals surface area (Å²) in [4.78, 5) is 44.7. The predicted octanol–water partition coefficient (Wildman–Crippen LogP) is 5.75. The molecular weight excluding hydrogens is 808 g/mol. The number of aromatic nitrogens is 4. The van der Waals surface area contributed by atoms with Crippen molar-refractivity contribution in [1.29, 1.82) is 0 Å². The van der Waals surface area contributed by atoms with Crippen LogP contribution in [0.4, 0.5) is 34.1 Å². The molecule has 0 amide bonds. The van der Waals surface area contributed by atoms with Gasteiger partial charge in [0, 0.05) is 35.6 Å². The average molecular weight is 838 g/mol. The van der Waals surface area contributed by atoms with E-state index in [1.807, 2.05) is 6.07 Å². The predicted molar refractivity (Wildman–Crippen MR) is 197 cm³/mol. The molecule has 6 rings (SSSR count). The first kappa shape index (κ1) is 46.3. The molecule has 0 aliphatic heterocycles. The van der Waals surface area contributed by atoms with Crippen molar-refractivity contribution in [3.63, 3.8) is 0 Å². The number of non-ortho nitro benzene ring substituents is 2. The third-order valence-corrected chi connectivity index (χ3v) is 8.43. The van der Waals surface area contributed by atoms with Gasteiger partial charge < -0.3 is 37.6 Å². The summed E-state index contributed by atoms with van der Waals surface area (Å²) in [6.07, 6.45) is 0. The van der Waals surface area contributed by atoms with E-state index in [2.05, 4.69) is 30.7 Å². The van der Waals surface area contributed by atoms with E-state index in [0.29, 0.717) is 17.1 Å². The van der Waals surface area contributed by atoms with Crippen LogP contribution >= 0.6 is 0 Å². The molecule has 0 saturated carbocycles. The zero-order chi connectivity index (χ0) is 39.3. The van der Waals surface area contributed by atoms with Crippen molar-refractivity contribution in [3.8, 4) is 17.1 Å². The molecule has 294 valence electrons. The van der Waals surface area contributed by atoms with Crippen molar-refractivity contribution in [3.05, 3.63) is 156 Å². The van der Waals surface area contributed by atoms with Crippen molar-refractivity contribution in [2.75, 3.05) is 0 Å². The Morgan fingerprint density at radius 1 is 0.667 bits per heavy atom. The molecule has 57 heavy (non-hydrogen) atoms. The Morgan fingerprint density at radius 2 is 1.09 bits per heavy atom. The summed E-state index contributed by atoms with van der Waals surface area (Å²) >= 11 is 0. The maximum Gasteiger partial charge on any atom is 4.00 e. The zero-order valence-electron chi connectivity index (χ0n) is 30.0. The van der Waals surface area contributed by atoms with Gasteiger partial charge in [-0.25, -0.2) is 0 Å². The summed E-state index contributed by atoms with van der Waals surface area (Å²) in [5.41, 5.74) is -0.858. The van der Waals surface area contributed by atoms with Crippen LogP contribution in [0.3, 0.4) is 0 Å². The van der Waals surface area contributed by atoms with Crippen LogP contribution in [0.5, 0.6) is 5.75 Å². The van der Waals surface area contributed by atoms with E-state index in [-0.39, 0.29) is 70.0 Å². The smallest absolute Gasteiger partial charge is 0.871 e. The van der Waals surface area contributed by atoms with Gasteiger partial charge in [0.05, 0.1) is 21.2 Å². The summed E-state index contributed by atoms with van der Waals surface area (Å²) in [5.74, 6) is -0.532. The third-order valence-electron chi connectivity index (χ3n) is 7.45. The number of para-hydroxylation sites is 2. The SMILES string of the molecule is Cc1[n-]n(-c2ccccc2)c(=O)c1N=Nc1cc([N+](=O)[O-])cc(S(=O)(=O)O)c1C.Cc1[n-]n(-c2ccccc2)c(=O)c1N=Nc1cc([N+](=O)[O-])ccc1[O-].[CH3-].[Cr+4].[OH-]. The van der Waals surface area contributed by atoms with Gasteiger partial charge in [-0.3, -0.25) is 34.4 Å². The second-order valence-electron chi connectivity index (χ2n) is 11.1. The van der Waals surface area contributed by atoms with Gasteiger partial charge in [0.15, 0.2) is 0 Å². The van der Waals surface area contributed by atoms with Crippen molar-refractivity contribution in [2.45, 2.75) is 25.7 Å². The molecule has 0 spiro atoms. The van der Waals surface area contributed by atoms with Gasteiger partial charge in [-0.2, -0.15) is 13.5 Å². The van der Waals surface area contributed by atoms with Crippen molar-refractivity contribution < 1.29 is 50.8 Å². The molecule has 4 aromatic carbocycles. The maximum absolute atomic E-state index is 12.6. The molecule has 0 saturated heterocycles. The molecule has 21 nitrogen and oxygen atoms in total. The Hall–Kier alpha value is -6.90. The number of azo groups is 2. The standard InChI is InChI=1S/C17H15N5O6S.C16H13N5O4.CH3.Cr.H2O/c1-10-14(8-13(22(24)25)9-15(10)29(26,27)28)18-19-16-11(2)20-21(17(16)23)12-6-4-3-5-7-12;1-10-15(16(23)20(19-10)11-5-3-2-4-6-11)18-17-13-9-12(21(24)25)7-8-14(13)22;;;/h3-9H,1-2H3,(H2,18,20,23,26,27,28);2-9H,1H3,(H2,17,18,19,22,23);1H3;;1H2/q;;-1;+4;/p-4. The van der Waals surface area contributed by atoms with Crippen LogP contribution in [0, 0.1) is 48.4 Å². The van der Waals surface area contributed by atoms with Gasteiger partial charge in [0.2, 0.25) is 0 Å². The molecule has 23 heteroatoms. The van der Waals surface area contributed by atoms with Crippen LogP contribution in [0.2, 0.25) is 0 Å². The van der Waals surface area contributed by atoms with Gasteiger partial charge in [0.1, 0.15) is 16.3 Å². The van der Waals surface area contributed by atoms with Gasteiger partial charge in [-0.1, -0.05) is 62.1 Å². The topological polar surface area (TPSA) is 315 Å². The number of benzene rings is 4. The summed E-state index contributed by atoms with van der Waals surface area (Å²) in [6, 6.07) is 22.2. The summed E-state index contributed by atoms with van der Waals surface area (Å²) in [5, 5.41) is 57.0. The molecule has 6 aromatic rings. The third kappa shape index (κ3) is 10.5. The largest absolute Gasteiger partial charge is 4.00 e.